The van der Waals surface area contributed by atoms with Crippen molar-refractivity contribution in [2.75, 3.05) is 21.3 Å². The molecular weight excluding hydrogens is 248 g/mol. The molecule has 1 aromatic rings. The van der Waals surface area contributed by atoms with Gasteiger partial charge in [0.25, 0.3) is 0 Å². The van der Waals surface area contributed by atoms with Crippen LogP contribution in [0.2, 0.25) is 0 Å². The second-order valence-corrected chi connectivity index (χ2v) is 3.98. The van der Waals surface area contributed by atoms with Gasteiger partial charge in [-0.3, -0.25) is 9.59 Å². The lowest BCUT2D eigenvalue weighted by Gasteiger charge is -2.09. The summed E-state index contributed by atoms with van der Waals surface area (Å²) in [4.78, 5) is 22.6. The minimum Gasteiger partial charge on any atom is -0.493 e. The van der Waals surface area contributed by atoms with Crippen LogP contribution in [-0.2, 0) is 20.7 Å². The van der Waals surface area contributed by atoms with Crippen molar-refractivity contribution in [2.24, 2.45) is 0 Å². The van der Waals surface area contributed by atoms with E-state index >= 15 is 0 Å². The van der Waals surface area contributed by atoms with Crippen LogP contribution in [0, 0.1) is 0 Å². The van der Waals surface area contributed by atoms with Gasteiger partial charge in [-0.05, 0) is 17.7 Å². The molecule has 5 heteroatoms. The van der Waals surface area contributed by atoms with Crippen LogP contribution < -0.4 is 9.47 Å². The number of benzene rings is 1. The Hall–Kier alpha value is -2.04. The van der Waals surface area contributed by atoms with Crippen LogP contribution in [0.4, 0.5) is 0 Å². The fourth-order valence-corrected chi connectivity index (χ4v) is 1.65. The van der Waals surface area contributed by atoms with Gasteiger partial charge in [-0.1, -0.05) is 6.07 Å². The van der Waals surface area contributed by atoms with E-state index < -0.39 is 0 Å². The molecule has 0 N–H and O–H groups in total. The van der Waals surface area contributed by atoms with Crippen molar-refractivity contribution in [3.63, 3.8) is 0 Å². The topological polar surface area (TPSA) is 61.8 Å². The van der Waals surface area contributed by atoms with Crippen molar-refractivity contribution in [2.45, 2.75) is 19.3 Å². The molecule has 0 aliphatic carbocycles. The lowest BCUT2D eigenvalue weighted by molar-refractivity contribution is -0.141. The average molecular weight is 266 g/mol. The standard InChI is InChI=1S/C14H18O5/c1-17-12-6-4-10(9-13(12)18-2)8-11(15)5-7-14(16)19-3/h4,6,9H,5,7-8H2,1-3H3. The molecule has 0 bridgehead atoms. The molecule has 104 valence electrons. The zero-order valence-corrected chi connectivity index (χ0v) is 11.4. The number of Topliss-reactive ketones (excluding diaryl/α,β-unsaturated/α-hetero) is 1. The van der Waals surface area contributed by atoms with Crippen molar-refractivity contribution < 1.29 is 23.8 Å². The maximum Gasteiger partial charge on any atom is 0.305 e. The molecule has 0 spiro atoms. The van der Waals surface area contributed by atoms with Gasteiger partial charge in [0, 0.05) is 12.8 Å². The van der Waals surface area contributed by atoms with Crippen molar-refractivity contribution >= 4 is 11.8 Å². The van der Waals surface area contributed by atoms with Gasteiger partial charge in [-0.2, -0.15) is 0 Å². The Kier molecular flexibility index (Phi) is 5.85. The Balaban J connectivity index is 2.61. The molecule has 0 radical (unpaired) electrons. The van der Waals surface area contributed by atoms with E-state index in [2.05, 4.69) is 4.74 Å². The molecule has 0 aliphatic rings. The first kappa shape index (κ1) is 15.0. The van der Waals surface area contributed by atoms with Crippen LogP contribution in [0.15, 0.2) is 18.2 Å². The lowest BCUT2D eigenvalue weighted by atomic mass is 10.1. The number of carbonyl (C=O) groups is 2. The molecule has 1 aromatic carbocycles. The molecule has 0 unspecified atom stereocenters. The molecular formula is C14H18O5. The summed E-state index contributed by atoms with van der Waals surface area (Å²) in [5, 5.41) is 0. The minimum absolute atomic E-state index is 0.0161. The van der Waals surface area contributed by atoms with E-state index in [1.165, 1.54) is 7.11 Å². The van der Waals surface area contributed by atoms with Gasteiger partial charge in [0.1, 0.15) is 5.78 Å². The number of hydrogen-bond donors (Lipinski definition) is 0. The van der Waals surface area contributed by atoms with Gasteiger partial charge in [-0.15, -0.1) is 0 Å². The smallest absolute Gasteiger partial charge is 0.305 e. The van der Waals surface area contributed by atoms with Gasteiger partial charge in [0.2, 0.25) is 0 Å². The largest absolute Gasteiger partial charge is 0.493 e. The molecule has 5 nitrogen and oxygen atoms in total. The van der Waals surface area contributed by atoms with Crippen LogP contribution in [0.25, 0.3) is 0 Å². The van der Waals surface area contributed by atoms with Crippen LogP contribution in [0.5, 0.6) is 11.5 Å². The van der Waals surface area contributed by atoms with E-state index in [4.69, 9.17) is 9.47 Å². The first-order valence-electron chi connectivity index (χ1n) is 5.90. The first-order valence-corrected chi connectivity index (χ1v) is 5.90. The molecule has 1 rings (SSSR count). The number of methoxy groups -OCH3 is 3. The van der Waals surface area contributed by atoms with Gasteiger partial charge in [0.05, 0.1) is 27.8 Å². The normalized spacial score (nSPS) is 9.84. The third kappa shape index (κ3) is 4.62. The van der Waals surface area contributed by atoms with Gasteiger partial charge in [0.15, 0.2) is 11.5 Å². The quantitative estimate of drug-likeness (QED) is 0.704. The molecule has 19 heavy (non-hydrogen) atoms. The second-order valence-electron chi connectivity index (χ2n) is 3.98. The number of carbonyl (C=O) groups excluding carboxylic acids is 2. The van der Waals surface area contributed by atoms with Crippen molar-refractivity contribution in [1.82, 2.24) is 0 Å². The Morgan fingerprint density at radius 1 is 1.00 bits per heavy atom. The highest BCUT2D eigenvalue weighted by molar-refractivity contribution is 5.84. The van der Waals surface area contributed by atoms with Gasteiger partial charge >= 0.3 is 5.97 Å². The lowest BCUT2D eigenvalue weighted by Crippen LogP contribution is -2.08. The summed E-state index contributed by atoms with van der Waals surface area (Å²) in [6.45, 7) is 0. The number of hydrogen-bond acceptors (Lipinski definition) is 5. The van der Waals surface area contributed by atoms with E-state index in [9.17, 15) is 9.59 Å². The molecule has 0 aliphatic heterocycles. The zero-order valence-electron chi connectivity index (χ0n) is 11.4. The third-order valence-electron chi connectivity index (χ3n) is 2.68. The minimum atomic E-state index is -0.374. The zero-order chi connectivity index (χ0) is 14.3. The Bertz CT molecular complexity index is 453. The first-order chi connectivity index (χ1) is 9.10. The Morgan fingerprint density at radius 3 is 2.26 bits per heavy atom. The Morgan fingerprint density at radius 2 is 1.68 bits per heavy atom. The monoisotopic (exact) mass is 266 g/mol. The third-order valence-corrected chi connectivity index (χ3v) is 2.68. The summed E-state index contributed by atoms with van der Waals surface area (Å²) in [5.41, 5.74) is 0.826. The van der Waals surface area contributed by atoms with E-state index in [0.717, 1.165) is 5.56 Å². The highest BCUT2D eigenvalue weighted by atomic mass is 16.5. The van der Waals surface area contributed by atoms with Crippen LogP contribution in [0.1, 0.15) is 18.4 Å². The predicted octanol–water partition coefficient (Wildman–Crippen LogP) is 1.77. The highest BCUT2D eigenvalue weighted by Crippen LogP contribution is 2.27. The van der Waals surface area contributed by atoms with Crippen LogP contribution in [0.3, 0.4) is 0 Å². The number of rotatable bonds is 7. The number of ether oxygens (including phenoxy) is 3. The maximum absolute atomic E-state index is 11.7. The summed E-state index contributed by atoms with van der Waals surface area (Å²) in [5.74, 6) is 0.812. The highest BCUT2D eigenvalue weighted by Gasteiger charge is 2.10. The van der Waals surface area contributed by atoms with Gasteiger partial charge in [-0.25, -0.2) is 0 Å². The van der Waals surface area contributed by atoms with Crippen molar-refractivity contribution in [1.29, 1.82) is 0 Å². The summed E-state index contributed by atoms with van der Waals surface area (Å²) < 4.78 is 14.8. The van der Waals surface area contributed by atoms with Crippen molar-refractivity contribution in [3.8, 4) is 11.5 Å². The van der Waals surface area contributed by atoms with Crippen LogP contribution >= 0.6 is 0 Å². The molecule has 0 saturated heterocycles. The van der Waals surface area contributed by atoms with Gasteiger partial charge < -0.3 is 14.2 Å². The Labute approximate surface area is 112 Å². The predicted molar refractivity (Wildman–Crippen MR) is 69.5 cm³/mol. The maximum atomic E-state index is 11.7. The fraction of sp³-hybridized carbons (Fsp3) is 0.429. The summed E-state index contributed by atoms with van der Waals surface area (Å²) in [6, 6.07) is 5.31. The molecule has 0 fully saturated rings. The molecule has 0 heterocycles. The molecule has 0 aromatic heterocycles. The SMILES string of the molecule is COC(=O)CCC(=O)Cc1ccc(OC)c(OC)c1. The average Bonchev–Trinajstić information content (AvgIpc) is 2.44. The number of ketones is 1. The van der Waals surface area contributed by atoms with E-state index in [1.54, 1.807) is 32.4 Å². The van der Waals surface area contributed by atoms with E-state index in [-0.39, 0.29) is 31.0 Å². The molecule has 0 saturated carbocycles. The summed E-state index contributed by atoms with van der Waals surface area (Å²) in [6.07, 6.45) is 0.557. The second kappa shape index (κ2) is 7.41. The molecule has 0 atom stereocenters. The summed E-state index contributed by atoms with van der Waals surface area (Å²) in [7, 11) is 4.40. The summed E-state index contributed by atoms with van der Waals surface area (Å²) >= 11 is 0. The fourth-order valence-electron chi connectivity index (χ4n) is 1.65. The molecule has 0 amide bonds. The number of esters is 1. The van der Waals surface area contributed by atoms with Crippen LogP contribution in [-0.4, -0.2) is 33.1 Å². The van der Waals surface area contributed by atoms with Crippen molar-refractivity contribution in [3.05, 3.63) is 23.8 Å². The van der Waals surface area contributed by atoms with E-state index in [0.29, 0.717) is 11.5 Å². The van der Waals surface area contributed by atoms with E-state index in [1.807, 2.05) is 0 Å².